The van der Waals surface area contributed by atoms with E-state index in [2.05, 4.69) is 6.92 Å². The van der Waals surface area contributed by atoms with E-state index in [9.17, 15) is 31.6 Å². The van der Waals surface area contributed by atoms with Crippen molar-refractivity contribution in [3.8, 4) is 0 Å². The second-order valence-electron chi connectivity index (χ2n) is 18.3. The SMILES string of the molecule is CC1CC2CCCC(C(=O)OCC3OC(C4CC5CCCC(OC(=O)C(F)(F)S(=O)(=O)O)(C5)C4)OC3COC(=O)C3(C)CC4CCCC(C4)C3)(C1)C2. The highest BCUT2D eigenvalue weighted by atomic mass is 32.2. The van der Waals surface area contributed by atoms with Crippen LogP contribution in [0.4, 0.5) is 8.78 Å². The maximum absolute atomic E-state index is 14.3. The monoisotopic (exact) mass is 758 g/mol. The summed E-state index contributed by atoms with van der Waals surface area (Å²) in [5, 5.41) is -5.10. The van der Waals surface area contributed by atoms with E-state index in [-0.39, 0.29) is 50.3 Å². The summed E-state index contributed by atoms with van der Waals surface area (Å²) in [4.78, 5) is 39.9. The first-order valence-corrected chi connectivity index (χ1v) is 21.2. The lowest BCUT2D eigenvalue weighted by Gasteiger charge is -2.48. The van der Waals surface area contributed by atoms with Gasteiger partial charge in [0.15, 0.2) is 6.29 Å². The molecule has 6 saturated carbocycles. The molecule has 294 valence electrons. The molecular weight excluding hydrogens is 702 g/mol. The van der Waals surface area contributed by atoms with Gasteiger partial charge in [-0.05, 0) is 114 Å². The van der Waals surface area contributed by atoms with Crippen molar-refractivity contribution in [1.29, 1.82) is 0 Å². The molecule has 0 radical (unpaired) electrons. The zero-order chi connectivity index (χ0) is 37.1. The molecule has 0 spiro atoms. The van der Waals surface area contributed by atoms with Crippen molar-refractivity contribution < 1.29 is 59.8 Å². The van der Waals surface area contributed by atoms with Crippen LogP contribution < -0.4 is 0 Å². The Morgan fingerprint density at radius 2 is 1.35 bits per heavy atom. The summed E-state index contributed by atoms with van der Waals surface area (Å²) in [5.41, 5.74) is -2.50. The van der Waals surface area contributed by atoms with Gasteiger partial charge in [-0.25, -0.2) is 4.79 Å². The van der Waals surface area contributed by atoms with Gasteiger partial charge in [0.1, 0.15) is 31.0 Å². The first kappa shape index (κ1) is 38.4. The normalized spacial score (nSPS) is 43.3. The molecular formula is C38H56F2O11S. The largest absolute Gasteiger partial charge is 0.465 e. The fourth-order valence-corrected chi connectivity index (χ4v) is 12.2. The molecule has 11 unspecified atom stereocenters. The Balaban J connectivity index is 1.06. The van der Waals surface area contributed by atoms with Crippen LogP contribution in [0.25, 0.3) is 0 Å². The van der Waals surface area contributed by atoms with Crippen LogP contribution in [0.15, 0.2) is 0 Å². The molecule has 1 aliphatic heterocycles. The Morgan fingerprint density at radius 3 is 2.00 bits per heavy atom. The second kappa shape index (κ2) is 14.3. The molecule has 6 aliphatic carbocycles. The zero-order valence-electron chi connectivity index (χ0n) is 30.5. The summed E-state index contributed by atoms with van der Waals surface area (Å²) in [6, 6.07) is 0. The highest BCUT2D eigenvalue weighted by molar-refractivity contribution is 7.87. The number of carbonyl (C=O) groups is 3. The van der Waals surface area contributed by atoms with Crippen LogP contribution in [0, 0.1) is 46.3 Å². The molecule has 14 heteroatoms. The summed E-state index contributed by atoms with van der Waals surface area (Å²) < 4.78 is 90.5. The van der Waals surface area contributed by atoms with Crippen molar-refractivity contribution in [3.63, 3.8) is 0 Å². The number of ether oxygens (including phenoxy) is 5. The summed E-state index contributed by atoms with van der Waals surface area (Å²) in [6.07, 6.45) is 11.9. The van der Waals surface area contributed by atoms with Crippen LogP contribution >= 0.6 is 0 Å². The van der Waals surface area contributed by atoms with Crippen molar-refractivity contribution in [3.05, 3.63) is 0 Å². The van der Waals surface area contributed by atoms with E-state index in [0.717, 1.165) is 77.0 Å². The molecule has 1 heterocycles. The van der Waals surface area contributed by atoms with Crippen molar-refractivity contribution in [2.45, 2.75) is 159 Å². The fraction of sp³-hybridized carbons (Fsp3) is 0.921. The van der Waals surface area contributed by atoms with E-state index >= 15 is 0 Å². The standard InChI is InChI=1S/C38H56F2O11S/c1-23-12-24-8-4-10-36(15-23,18-24)33(42)48-22-30-29(21-47-32(41)35(2)16-25-6-3-7-26(13-25)17-35)49-31(50-30)28-14-27-9-5-11-37(19-27,20-28)51-34(43)38(39,40)52(44,45)46/h23-31H,3-22H2,1-2H3,(H,44,45,46). The third kappa shape index (κ3) is 7.65. The molecule has 7 aliphatic rings. The first-order chi connectivity index (χ1) is 24.5. The highest BCUT2D eigenvalue weighted by Gasteiger charge is 2.59. The number of carbonyl (C=O) groups excluding carboxylic acids is 3. The molecule has 0 aromatic carbocycles. The van der Waals surface area contributed by atoms with Crippen LogP contribution in [0.1, 0.15) is 129 Å². The predicted octanol–water partition coefficient (Wildman–Crippen LogP) is 6.76. The molecule has 52 heavy (non-hydrogen) atoms. The van der Waals surface area contributed by atoms with Gasteiger partial charge in [0.25, 0.3) is 0 Å². The summed E-state index contributed by atoms with van der Waals surface area (Å²) in [5.74, 6) is -1.30. The number of alkyl halides is 2. The maximum atomic E-state index is 14.3. The average molecular weight is 759 g/mol. The third-order valence-corrected chi connectivity index (χ3v) is 14.8. The highest BCUT2D eigenvalue weighted by Crippen LogP contribution is 2.53. The lowest BCUT2D eigenvalue weighted by Crippen LogP contribution is -2.51. The lowest BCUT2D eigenvalue weighted by atomic mass is 9.59. The number of halogens is 2. The van der Waals surface area contributed by atoms with Crippen LogP contribution in [0.5, 0.6) is 0 Å². The first-order valence-electron chi connectivity index (χ1n) is 19.7. The van der Waals surface area contributed by atoms with Crippen molar-refractivity contribution in [2.75, 3.05) is 13.2 Å². The smallest absolute Gasteiger partial charge is 0.462 e. The van der Waals surface area contributed by atoms with Crippen LogP contribution in [-0.4, -0.2) is 73.4 Å². The topological polar surface area (TPSA) is 152 Å². The summed E-state index contributed by atoms with van der Waals surface area (Å²) in [7, 11) is -6.03. The van der Waals surface area contributed by atoms with Crippen LogP contribution in [0.3, 0.4) is 0 Å². The minimum absolute atomic E-state index is 0.0302. The minimum Gasteiger partial charge on any atom is -0.462 e. The Morgan fingerprint density at radius 1 is 0.769 bits per heavy atom. The molecule has 1 saturated heterocycles. The van der Waals surface area contributed by atoms with E-state index in [4.69, 9.17) is 28.2 Å². The molecule has 7 fully saturated rings. The average Bonchev–Trinajstić information content (AvgIpc) is 3.47. The van der Waals surface area contributed by atoms with Gasteiger partial charge >= 0.3 is 33.3 Å². The summed E-state index contributed by atoms with van der Waals surface area (Å²) in [6.45, 7) is 3.97. The Bertz CT molecular complexity index is 1470. The second-order valence-corrected chi connectivity index (χ2v) is 19.8. The quantitative estimate of drug-likeness (QED) is 0.143. The zero-order valence-corrected chi connectivity index (χ0v) is 31.3. The van der Waals surface area contributed by atoms with E-state index in [0.29, 0.717) is 36.5 Å². The fourth-order valence-electron chi connectivity index (χ4n) is 12.0. The number of esters is 3. The minimum atomic E-state index is -6.03. The van der Waals surface area contributed by atoms with Crippen LogP contribution in [-0.2, 0) is 48.2 Å². The van der Waals surface area contributed by atoms with Crippen molar-refractivity contribution in [2.24, 2.45) is 46.3 Å². The Labute approximate surface area is 305 Å². The number of rotatable bonds is 10. The molecule has 6 bridgehead atoms. The Kier molecular flexibility index (Phi) is 10.6. The van der Waals surface area contributed by atoms with Gasteiger partial charge < -0.3 is 23.7 Å². The molecule has 7 rings (SSSR count). The maximum Gasteiger partial charge on any atom is 0.465 e. The van der Waals surface area contributed by atoms with E-state index in [1.165, 1.54) is 6.42 Å². The van der Waals surface area contributed by atoms with Gasteiger partial charge in [0, 0.05) is 5.92 Å². The van der Waals surface area contributed by atoms with E-state index < -0.39 is 62.2 Å². The van der Waals surface area contributed by atoms with Gasteiger partial charge in [-0.15, -0.1) is 0 Å². The number of hydrogen-bond acceptors (Lipinski definition) is 10. The van der Waals surface area contributed by atoms with Crippen molar-refractivity contribution in [1.82, 2.24) is 0 Å². The van der Waals surface area contributed by atoms with Gasteiger partial charge in [-0.1, -0.05) is 45.4 Å². The molecule has 11 nitrogen and oxygen atoms in total. The van der Waals surface area contributed by atoms with Gasteiger partial charge in [0.2, 0.25) is 0 Å². The molecule has 0 aromatic heterocycles. The van der Waals surface area contributed by atoms with Gasteiger partial charge in [-0.3, -0.25) is 14.1 Å². The molecule has 0 aromatic rings. The van der Waals surface area contributed by atoms with E-state index in [1.54, 1.807) is 0 Å². The van der Waals surface area contributed by atoms with Crippen molar-refractivity contribution >= 4 is 28.0 Å². The van der Waals surface area contributed by atoms with E-state index in [1.807, 2.05) is 6.92 Å². The molecule has 11 atom stereocenters. The molecule has 0 amide bonds. The summed E-state index contributed by atoms with van der Waals surface area (Å²) >= 11 is 0. The number of hydrogen-bond donors (Lipinski definition) is 1. The predicted molar refractivity (Wildman–Crippen MR) is 181 cm³/mol. The Hall–Kier alpha value is -1.90. The molecule has 1 N–H and O–H groups in total. The van der Waals surface area contributed by atoms with Gasteiger partial charge in [0.05, 0.1) is 10.8 Å². The number of fused-ring (bicyclic) bond motifs is 6. The third-order valence-electron chi connectivity index (χ3n) is 13.9. The lowest BCUT2D eigenvalue weighted by molar-refractivity contribution is -0.202. The van der Waals surface area contributed by atoms with Gasteiger partial charge in [-0.2, -0.15) is 17.2 Å². The van der Waals surface area contributed by atoms with Crippen LogP contribution in [0.2, 0.25) is 0 Å².